The molecule has 0 saturated carbocycles. The molecular weight excluding hydrogens is 1150 g/mol. The highest BCUT2D eigenvalue weighted by molar-refractivity contribution is 8.77. The quantitative estimate of drug-likeness (QED) is 0.0174. The maximum Gasteiger partial charge on any atom is 0.277 e. The lowest BCUT2D eigenvalue weighted by Crippen LogP contribution is -2.45. The van der Waals surface area contributed by atoms with Crippen LogP contribution in [0.5, 0.6) is 17.2 Å². The number of ether oxygens (including phenoxy) is 3. The van der Waals surface area contributed by atoms with Crippen LogP contribution in [0.2, 0.25) is 0 Å². The fraction of sp³-hybridized carbons (Fsp3) is 0.439. The van der Waals surface area contributed by atoms with E-state index in [2.05, 4.69) is 27.1 Å². The summed E-state index contributed by atoms with van der Waals surface area (Å²) in [6.45, 7) is 12.9. The standard InChI is InChI=1S/C66H77N5O12S3/c1-11-55(72)60(86(78,79)81-10)23-25-84-85-66(6,7)24-22-61(74)68-62(39(2)3)56(73)27-41(5)63(75)67-47-29-42(37-82-57-35-54-51(26-40(57)4)65(77)71-49(36-69(54)8)32-46-17-13-15-19-53(46)71)28-43(30-47)38-83-59-33-44-20-21-48-31-45-16-12-14-18-52(45)70(48)64(76)50(44)34-58(59)80-9/h12-19,26,28-30,33-35,39,41,48-49,60,62H,11,20-25,27,31-32,37-38H2,1-10H3,(H,67,75)(H,68,74)/t41-,48-,49+,60?,62+/m1/s1. The van der Waals surface area contributed by atoms with E-state index >= 15 is 0 Å². The summed E-state index contributed by atoms with van der Waals surface area (Å²) in [5, 5.41) is 4.74. The summed E-state index contributed by atoms with van der Waals surface area (Å²) < 4.78 is 49.8. The van der Waals surface area contributed by atoms with Crippen LogP contribution in [0.25, 0.3) is 0 Å². The minimum absolute atomic E-state index is 0.0423. The topological polar surface area (TPSA) is 207 Å². The fourth-order valence-electron chi connectivity index (χ4n) is 11.7. The number of anilines is 3. The number of nitrogens with one attached hydrogen (secondary N) is 2. The number of carbonyl (C=O) groups is 6. The summed E-state index contributed by atoms with van der Waals surface area (Å²) in [5.74, 6) is -0.881. The Morgan fingerprint density at radius 2 is 1.45 bits per heavy atom. The molecule has 20 heteroatoms. The van der Waals surface area contributed by atoms with E-state index < -0.39 is 43.8 Å². The van der Waals surface area contributed by atoms with Crippen LogP contribution in [-0.2, 0) is 66.0 Å². The molecule has 0 aromatic heterocycles. The molecule has 4 heterocycles. The van der Waals surface area contributed by atoms with E-state index in [1.165, 1.54) is 21.6 Å². The first-order chi connectivity index (χ1) is 41.0. The van der Waals surface area contributed by atoms with Gasteiger partial charge in [-0.2, -0.15) is 8.42 Å². The normalized spacial score (nSPS) is 17.1. The molecule has 4 aliphatic heterocycles. The van der Waals surface area contributed by atoms with Gasteiger partial charge in [-0.15, -0.1) is 0 Å². The SMILES string of the molecule is CCC(=O)C(CCSSC(C)(C)CCC(=O)N[C@H](C(=O)C[C@@H](C)C(=O)Nc1cc(COc2cc3c(cc2C)C(=O)N2c4ccccc4C[C@H]2[C-]=[N+]3C)cc(COc2cc3c(cc2OC)C(=O)N2c4ccccc4C[C@H]2CC3)c1)C(C)C)S(=O)(=O)OC. The van der Waals surface area contributed by atoms with Crippen molar-refractivity contribution < 1.29 is 60.2 Å². The van der Waals surface area contributed by atoms with Gasteiger partial charge < -0.3 is 39.2 Å². The molecule has 1 unspecified atom stereocenters. The molecule has 0 fully saturated rings. The number of hydrogen-bond donors (Lipinski definition) is 2. The first kappa shape index (κ1) is 63.5. The van der Waals surface area contributed by atoms with Gasteiger partial charge in [0.2, 0.25) is 17.7 Å². The van der Waals surface area contributed by atoms with Crippen LogP contribution in [0.3, 0.4) is 0 Å². The zero-order valence-corrected chi connectivity index (χ0v) is 53.0. The van der Waals surface area contributed by atoms with E-state index in [4.69, 9.17) is 14.2 Å². The number of ketones is 2. The third-order valence-electron chi connectivity index (χ3n) is 16.5. The zero-order valence-electron chi connectivity index (χ0n) is 50.6. The molecule has 0 saturated heterocycles. The average Bonchev–Trinajstić information content (AvgIpc) is 2.90. The number of nitrogens with zero attached hydrogens (tertiary/aromatic N) is 3. The molecule has 5 atom stereocenters. The Kier molecular flexibility index (Phi) is 19.9. The molecule has 4 amide bonds. The van der Waals surface area contributed by atoms with E-state index in [-0.39, 0.29) is 80.4 Å². The van der Waals surface area contributed by atoms with Crippen molar-refractivity contribution in [3.63, 3.8) is 0 Å². The molecule has 0 radical (unpaired) electrons. The lowest BCUT2D eigenvalue weighted by Gasteiger charge is -2.25. The van der Waals surface area contributed by atoms with Crippen molar-refractivity contribution in [2.45, 2.75) is 148 Å². The van der Waals surface area contributed by atoms with Crippen molar-refractivity contribution in [2.75, 3.05) is 42.1 Å². The van der Waals surface area contributed by atoms with Crippen LogP contribution in [0, 0.1) is 18.8 Å². The Morgan fingerprint density at radius 3 is 2.12 bits per heavy atom. The largest absolute Gasteiger partial charge is 0.493 e. The van der Waals surface area contributed by atoms with Crippen LogP contribution in [0.4, 0.5) is 22.7 Å². The van der Waals surface area contributed by atoms with Gasteiger partial charge in [0.1, 0.15) is 31.3 Å². The lowest BCUT2D eigenvalue weighted by molar-refractivity contribution is -0.401. The van der Waals surface area contributed by atoms with Gasteiger partial charge in [-0.25, -0.2) is 0 Å². The predicted molar refractivity (Wildman–Crippen MR) is 337 cm³/mol. The summed E-state index contributed by atoms with van der Waals surface area (Å²) >= 11 is 0. The maximum atomic E-state index is 14.3. The number of carbonyl (C=O) groups excluding carboxylic acids is 6. The van der Waals surface area contributed by atoms with Crippen molar-refractivity contribution in [1.29, 1.82) is 0 Å². The van der Waals surface area contributed by atoms with Gasteiger partial charge in [0.25, 0.3) is 16.0 Å². The van der Waals surface area contributed by atoms with Crippen molar-refractivity contribution in [3.05, 3.63) is 136 Å². The number of rotatable bonds is 26. The van der Waals surface area contributed by atoms with E-state index in [1.807, 2.05) is 129 Å². The number of aryl methyl sites for hydroxylation is 2. The molecule has 5 aromatic carbocycles. The van der Waals surface area contributed by atoms with Gasteiger partial charge in [0.15, 0.2) is 23.1 Å². The van der Waals surface area contributed by atoms with Gasteiger partial charge in [0, 0.05) is 82.2 Å². The summed E-state index contributed by atoms with van der Waals surface area (Å²) in [6.07, 6.45) is 7.01. The van der Waals surface area contributed by atoms with Gasteiger partial charge >= 0.3 is 0 Å². The van der Waals surface area contributed by atoms with E-state index in [1.54, 1.807) is 33.1 Å². The molecule has 2 N–H and O–H groups in total. The summed E-state index contributed by atoms with van der Waals surface area (Å²) in [7, 11) is 3.38. The fourth-order valence-corrected chi connectivity index (χ4v) is 15.7. The molecule has 0 aliphatic carbocycles. The number of Topliss-reactive ketones (excluding diaryl/α,β-unsaturated/α-hetero) is 2. The Hall–Kier alpha value is -7.00. The van der Waals surface area contributed by atoms with Crippen molar-refractivity contribution in [3.8, 4) is 17.2 Å². The average molecular weight is 1230 g/mol. The first-order valence-corrected chi connectivity index (χ1v) is 33.1. The van der Waals surface area contributed by atoms with Gasteiger partial charge in [-0.05, 0) is 147 Å². The second kappa shape index (κ2) is 26.9. The van der Waals surface area contributed by atoms with Crippen LogP contribution in [0.1, 0.15) is 134 Å². The number of amides is 4. The Bertz CT molecular complexity index is 3600. The smallest absolute Gasteiger partial charge is 0.277 e. The highest BCUT2D eigenvalue weighted by atomic mass is 33.1. The van der Waals surface area contributed by atoms with Crippen molar-refractivity contribution >= 4 is 95.9 Å². The Labute approximate surface area is 512 Å². The van der Waals surface area contributed by atoms with Gasteiger partial charge in [0.05, 0.1) is 25.9 Å². The van der Waals surface area contributed by atoms with E-state index in [9.17, 15) is 37.2 Å². The molecule has 5 aromatic rings. The van der Waals surface area contributed by atoms with Crippen LogP contribution in [0.15, 0.2) is 91.0 Å². The highest BCUT2D eigenvalue weighted by Crippen LogP contribution is 2.43. The van der Waals surface area contributed by atoms with Gasteiger partial charge in [-0.3, -0.25) is 33.0 Å². The third kappa shape index (κ3) is 14.2. The summed E-state index contributed by atoms with van der Waals surface area (Å²) in [4.78, 5) is 86.3. The maximum absolute atomic E-state index is 14.3. The zero-order chi connectivity index (χ0) is 61.8. The predicted octanol–water partition coefficient (Wildman–Crippen LogP) is 10.8. The van der Waals surface area contributed by atoms with Crippen LogP contribution >= 0.6 is 21.6 Å². The molecule has 0 spiro atoms. The van der Waals surface area contributed by atoms with E-state index in [0.717, 1.165) is 53.6 Å². The number of benzene rings is 5. The highest BCUT2D eigenvalue weighted by Gasteiger charge is 2.39. The second-order valence-electron chi connectivity index (χ2n) is 23.6. The van der Waals surface area contributed by atoms with Crippen molar-refractivity contribution in [2.24, 2.45) is 11.8 Å². The number of para-hydroxylation sites is 2. The molecule has 0 bridgehead atoms. The summed E-state index contributed by atoms with van der Waals surface area (Å²) in [5.41, 5.74) is 9.26. The first-order valence-electron chi connectivity index (χ1n) is 29.3. The Morgan fingerprint density at radius 1 is 0.802 bits per heavy atom. The molecule has 86 heavy (non-hydrogen) atoms. The van der Waals surface area contributed by atoms with Crippen LogP contribution in [-0.4, -0.2) is 110 Å². The molecule has 17 nitrogen and oxygen atoms in total. The minimum Gasteiger partial charge on any atom is -0.493 e. The Balaban J connectivity index is 0.889. The number of fused-ring (bicyclic) bond motifs is 8. The molecule has 9 rings (SSSR count). The number of hydrogen-bond acceptors (Lipinski definition) is 14. The van der Waals surface area contributed by atoms with E-state index in [0.29, 0.717) is 75.9 Å². The van der Waals surface area contributed by atoms with Crippen LogP contribution < -0.4 is 34.6 Å². The van der Waals surface area contributed by atoms with Crippen molar-refractivity contribution in [1.82, 2.24) is 5.32 Å². The van der Waals surface area contributed by atoms with Gasteiger partial charge in [-0.1, -0.05) is 91.7 Å². The lowest BCUT2D eigenvalue weighted by atomic mass is 9.92. The summed E-state index contributed by atoms with van der Waals surface area (Å²) in [6, 6.07) is 27.8. The molecule has 4 aliphatic rings. The second-order valence-corrected chi connectivity index (χ2v) is 28.6. The third-order valence-corrected chi connectivity index (χ3v) is 21.5. The monoisotopic (exact) mass is 1230 g/mol. The molecular formula is C66H77N5O12S3. The molecule has 456 valence electrons. The minimum atomic E-state index is -4.02. The number of methoxy groups -OCH3 is 1.